The Bertz CT molecular complexity index is 3700. The topological polar surface area (TPSA) is 211 Å². The molecule has 5 N–H and O–H groups in total. The fourth-order valence-corrected chi connectivity index (χ4v) is 11.1. The number of halogens is 6. The van der Waals surface area contributed by atoms with Crippen LogP contribution in [0.25, 0.3) is 11.6 Å². The molecule has 1 spiro atoms. The molecule has 1 fully saturated rings. The van der Waals surface area contributed by atoms with Gasteiger partial charge in [0.15, 0.2) is 11.6 Å². The predicted octanol–water partition coefficient (Wildman–Crippen LogP) is 12.8. The number of ketones is 2. The Morgan fingerprint density at radius 3 is 2.03 bits per heavy atom. The molecular weight excluding hydrogens is 1440 g/mol. The van der Waals surface area contributed by atoms with Crippen molar-refractivity contribution in [3.05, 3.63) is 180 Å². The summed E-state index contributed by atoms with van der Waals surface area (Å²) in [7, 11) is 7.90. The molecule has 3 amide bonds. The number of ether oxygens (including phenoxy) is 3. The number of amides is 3. The van der Waals surface area contributed by atoms with Crippen molar-refractivity contribution in [2.75, 3.05) is 50.4 Å². The Hall–Kier alpha value is -6.39. The molecule has 0 bridgehead atoms. The van der Waals surface area contributed by atoms with Crippen molar-refractivity contribution >= 4 is 125 Å². The molecule has 6 aromatic carbocycles. The van der Waals surface area contributed by atoms with Gasteiger partial charge in [-0.3, -0.25) is 29.0 Å². The summed E-state index contributed by atoms with van der Waals surface area (Å²) in [5.41, 5.74) is 3.29. The zero-order valence-electron chi connectivity index (χ0n) is 50.7. The molecule has 3 aliphatic heterocycles. The second kappa shape index (κ2) is 30.9. The number of Topliss-reactive ketones (excluding diaryl/α,β-unsaturated/α-hetero) is 2. The zero-order chi connectivity index (χ0) is 65.0. The van der Waals surface area contributed by atoms with E-state index in [2.05, 4.69) is 55.4 Å². The van der Waals surface area contributed by atoms with Gasteiger partial charge in [0.1, 0.15) is 35.2 Å². The SMILES string of the molecule is COC(=O)c1ccc(NC(=O)[C@@H]2N[C@@H](CC(C)(C)C)[C@@]3(C(=O)Nc4cc(Cl)ccc43)[C@H]2c2cccc(Cl)c2F)c(OC)c1.COc1cc(C(=O)CO)ccc1CC(=O)CN=CCC(C)(C)C.O=C1Nc2cc(Cl)ccc2/C1=C\c1cccc(Cl)c1F.[2H][B].[U]. The minimum absolute atomic E-state index is 0. The zero-order valence-corrected chi connectivity index (χ0v) is 56.9. The fourth-order valence-electron chi connectivity index (χ4n) is 10.4. The Balaban J connectivity index is 0.000000264. The van der Waals surface area contributed by atoms with Gasteiger partial charge >= 0.3 is 5.97 Å². The molecule has 23 heteroatoms. The quantitative estimate of drug-likeness (QED) is 0.0215. The normalized spacial score (nSPS) is 17.7. The molecule has 4 atom stereocenters. The summed E-state index contributed by atoms with van der Waals surface area (Å²) < 4.78 is 50.6. The van der Waals surface area contributed by atoms with E-state index in [1.54, 1.807) is 85.1 Å². The van der Waals surface area contributed by atoms with Crippen molar-refractivity contribution in [2.45, 2.75) is 84.2 Å². The Morgan fingerprint density at radius 2 is 1.40 bits per heavy atom. The maximum atomic E-state index is 16.0. The molecule has 3 heterocycles. The number of aliphatic hydroxyl groups excluding tert-OH is 1. The van der Waals surface area contributed by atoms with Crippen molar-refractivity contribution in [3.63, 3.8) is 0 Å². The molecular formula is C65H66BCl4F2N5O10U. The van der Waals surface area contributed by atoms with E-state index in [0.29, 0.717) is 61.4 Å². The number of nitrogens with zero attached hydrogens (tertiary/aromatic N) is 1. The molecule has 2 radical (unpaired) electrons. The number of hydrogen-bond donors (Lipinski definition) is 5. The van der Waals surface area contributed by atoms with Gasteiger partial charge in [0, 0.05) is 101 Å². The fraction of sp³-hybridized carbons (Fsp3) is 0.308. The molecule has 0 aromatic heterocycles. The number of methoxy groups -OCH3 is 3. The van der Waals surface area contributed by atoms with Crippen molar-refractivity contribution in [1.29, 1.82) is 1.34 Å². The van der Waals surface area contributed by atoms with Gasteiger partial charge in [-0.05, 0) is 109 Å². The molecule has 0 aliphatic carbocycles. The largest absolute Gasteiger partial charge is 0.496 e. The van der Waals surface area contributed by atoms with Crippen LogP contribution in [0.3, 0.4) is 0 Å². The van der Waals surface area contributed by atoms with E-state index in [1.807, 2.05) is 20.8 Å². The van der Waals surface area contributed by atoms with Gasteiger partial charge in [0.2, 0.25) is 11.8 Å². The van der Waals surface area contributed by atoms with Gasteiger partial charge in [-0.1, -0.05) is 136 Å². The number of esters is 1. The molecule has 88 heavy (non-hydrogen) atoms. The Kier molecular flexibility index (Phi) is 24.8. The van der Waals surface area contributed by atoms with E-state index in [9.17, 15) is 33.2 Å². The summed E-state index contributed by atoms with van der Waals surface area (Å²) in [6, 6.07) is 27.0. The summed E-state index contributed by atoms with van der Waals surface area (Å²) in [6.07, 6.45) is 4.77. The first-order valence-electron chi connectivity index (χ1n) is 27.7. The van der Waals surface area contributed by atoms with Crippen molar-refractivity contribution < 1.29 is 88.0 Å². The maximum absolute atomic E-state index is 16.0. The van der Waals surface area contributed by atoms with Crippen molar-refractivity contribution in [3.8, 4) is 11.5 Å². The molecule has 0 saturated carbocycles. The predicted molar refractivity (Wildman–Crippen MR) is 341 cm³/mol. The van der Waals surface area contributed by atoms with Crippen LogP contribution in [-0.4, -0.2) is 103 Å². The van der Waals surface area contributed by atoms with Crippen LogP contribution < -0.4 is 30.7 Å². The first kappa shape index (κ1) is 70.7. The average molecular weight is 1510 g/mol. The number of fused-ring (bicyclic) bond motifs is 3. The summed E-state index contributed by atoms with van der Waals surface area (Å²) in [4.78, 5) is 80.2. The number of aliphatic imine (C=N–C) groups is 1. The first-order valence-corrected chi connectivity index (χ1v) is 28.6. The first-order chi connectivity index (χ1) is 41.6. The number of carbonyl (C=O) groups excluding carboxylic acids is 6. The van der Waals surface area contributed by atoms with Crippen LogP contribution in [-0.2, 0) is 35.8 Å². The van der Waals surface area contributed by atoms with Crippen LogP contribution in [0, 0.1) is 53.6 Å². The van der Waals surface area contributed by atoms with Crippen LogP contribution >= 0.6 is 46.4 Å². The van der Waals surface area contributed by atoms with Crippen LogP contribution in [0.4, 0.5) is 25.8 Å². The Morgan fingerprint density at radius 1 is 0.773 bits per heavy atom. The molecule has 9 rings (SSSR count). The van der Waals surface area contributed by atoms with E-state index in [4.69, 9.17) is 67.1 Å². The minimum atomic E-state index is -1.39. The van der Waals surface area contributed by atoms with Gasteiger partial charge in [0.25, 0.3) is 5.91 Å². The van der Waals surface area contributed by atoms with Crippen LogP contribution in [0.15, 0.2) is 114 Å². The van der Waals surface area contributed by atoms with E-state index < -0.39 is 53.5 Å². The van der Waals surface area contributed by atoms with E-state index in [1.165, 1.54) is 57.7 Å². The standard InChI is InChI=1S/C32H32Cl2FN3O5.C18H25NO4.C15H8Cl2FNO.BH.U/c1-31(2,3)15-24-32(19-11-10-17(33)14-22(19)37-30(32)41)25(18-7-6-8-20(34)26(18)35)27(38-24)28(39)36-21-12-9-16(29(40)43-5)13-23(21)42-4;1-18(2,3)7-8-19-11-15(21)9-14-6-5-13(16(22)12-20)10-17(14)23-4;16-9-4-5-10-11(15(20)19-13(10)7-9)6-8-2-1-3-12(17)14(8)18;;/h6-14,24-25,27,38H,15H2,1-5H3,(H,36,39)(H,37,41);5-6,8,10,20H,7,9,11-12H2,1-4H3;1-7H,(H,19,20);1H;/b;;11-6+;;/t24-,25-,27+,32+;;;;/m0..../s1/i;;;1D;. The monoisotopic (exact) mass is 1500 g/mol. The van der Waals surface area contributed by atoms with E-state index in [0.717, 1.165) is 6.42 Å². The minimum Gasteiger partial charge on any atom is -0.496 e. The van der Waals surface area contributed by atoms with E-state index >= 15 is 4.39 Å². The van der Waals surface area contributed by atoms with E-state index in [-0.39, 0.29) is 116 Å². The number of benzene rings is 6. The van der Waals surface area contributed by atoms with Gasteiger partial charge in [0.05, 0.1) is 60.9 Å². The van der Waals surface area contributed by atoms with Gasteiger partial charge in [-0.25, -0.2) is 13.6 Å². The number of nitrogens with one attached hydrogen (secondary N) is 4. The van der Waals surface area contributed by atoms with Gasteiger partial charge < -0.3 is 40.6 Å². The third-order valence-electron chi connectivity index (χ3n) is 14.4. The van der Waals surface area contributed by atoms with Crippen LogP contribution in [0.5, 0.6) is 11.5 Å². The van der Waals surface area contributed by atoms with Gasteiger partial charge in [-0.2, -0.15) is 0 Å². The third kappa shape index (κ3) is 16.9. The van der Waals surface area contributed by atoms with Crippen LogP contribution in [0.2, 0.25) is 20.1 Å². The number of hydrogen-bond acceptors (Lipinski definition) is 12. The molecule has 1 saturated heterocycles. The summed E-state index contributed by atoms with van der Waals surface area (Å²) in [6.45, 7) is 12.0. The summed E-state index contributed by atoms with van der Waals surface area (Å²) in [5.74, 6) is -3.73. The third-order valence-corrected chi connectivity index (χ3v) is 15.4. The second-order valence-electron chi connectivity index (χ2n) is 22.9. The average Bonchev–Trinajstić information content (AvgIpc) is 1.56. The van der Waals surface area contributed by atoms with Crippen molar-refractivity contribution in [2.24, 2.45) is 15.8 Å². The number of aliphatic hydroxyl groups is 1. The van der Waals surface area contributed by atoms with Gasteiger partial charge in [-0.15, -0.1) is 0 Å². The number of rotatable bonds is 15. The number of carbonyl (C=O) groups is 6. The molecule has 460 valence electrons. The Labute approximate surface area is 557 Å². The molecule has 6 aromatic rings. The molecule has 3 aliphatic rings. The molecule has 0 unspecified atom stereocenters. The maximum Gasteiger partial charge on any atom is 0.337 e. The van der Waals surface area contributed by atoms with Crippen LogP contribution in [0.1, 0.15) is 109 Å². The molecule has 15 nitrogen and oxygen atoms in total. The smallest absolute Gasteiger partial charge is 0.337 e. The number of anilines is 3. The summed E-state index contributed by atoms with van der Waals surface area (Å²) >= 11 is 24.2. The van der Waals surface area contributed by atoms with Crippen molar-refractivity contribution in [1.82, 2.24) is 5.32 Å². The summed E-state index contributed by atoms with van der Waals surface area (Å²) in [5, 5.41) is 21.7. The second-order valence-corrected chi connectivity index (χ2v) is 24.6.